The van der Waals surface area contributed by atoms with Crippen LogP contribution in [0.5, 0.6) is 5.75 Å². The third kappa shape index (κ3) is 4.52. The van der Waals surface area contributed by atoms with E-state index in [0.29, 0.717) is 5.02 Å². The van der Waals surface area contributed by atoms with Gasteiger partial charge in [-0.1, -0.05) is 17.7 Å². The summed E-state index contributed by atoms with van der Waals surface area (Å²) in [5.41, 5.74) is 0.869. The third-order valence-corrected chi connectivity index (χ3v) is 2.81. The Bertz CT molecular complexity index is 358. The van der Waals surface area contributed by atoms with Gasteiger partial charge in [-0.2, -0.15) is 0 Å². The molecule has 4 nitrogen and oxygen atoms in total. The second-order valence-electron chi connectivity index (χ2n) is 4.20. The van der Waals surface area contributed by atoms with E-state index in [9.17, 15) is 10.2 Å². The van der Waals surface area contributed by atoms with Gasteiger partial charge < -0.3 is 20.4 Å². The fraction of sp³-hybridized carbons (Fsp3) is 0.500. The largest absolute Gasteiger partial charge is 0.506 e. The molecule has 0 aliphatic heterocycles. The summed E-state index contributed by atoms with van der Waals surface area (Å²) in [6.07, 6.45) is 0. The summed E-state index contributed by atoms with van der Waals surface area (Å²) in [5, 5.41) is 22.2. The number of halogens is 1. The van der Waals surface area contributed by atoms with Crippen LogP contribution in [0.4, 0.5) is 0 Å². The van der Waals surface area contributed by atoms with Gasteiger partial charge in [0.2, 0.25) is 0 Å². The van der Waals surface area contributed by atoms with E-state index in [0.717, 1.165) is 18.7 Å². The minimum absolute atomic E-state index is 0.00542. The highest BCUT2D eigenvalue weighted by Crippen LogP contribution is 2.26. The molecule has 0 saturated heterocycles. The third-order valence-electron chi connectivity index (χ3n) is 2.51. The zero-order valence-corrected chi connectivity index (χ0v) is 10.9. The van der Waals surface area contributed by atoms with E-state index in [1.54, 1.807) is 12.1 Å². The van der Waals surface area contributed by atoms with Crippen LogP contribution in [0, 0.1) is 0 Å². The van der Waals surface area contributed by atoms with E-state index in [-0.39, 0.29) is 18.4 Å². The number of hydrogen-bond acceptors (Lipinski definition) is 4. The molecule has 1 atom stereocenters. The number of likely N-dealkylation sites (N-methyl/N-ethyl adjacent to an activating group) is 1. The summed E-state index contributed by atoms with van der Waals surface area (Å²) in [7, 11) is 3.99. The predicted molar refractivity (Wildman–Crippen MR) is 69.5 cm³/mol. The highest BCUT2D eigenvalue weighted by atomic mass is 35.5. The molecular formula is C12H19ClN2O2. The summed E-state index contributed by atoms with van der Waals surface area (Å²) in [6.45, 7) is 1.66. The average molecular weight is 259 g/mol. The molecule has 0 heterocycles. The van der Waals surface area contributed by atoms with Crippen LogP contribution in [0.2, 0.25) is 5.02 Å². The van der Waals surface area contributed by atoms with Crippen LogP contribution in [-0.4, -0.2) is 48.9 Å². The molecule has 1 rings (SSSR count). The van der Waals surface area contributed by atoms with Gasteiger partial charge in [0, 0.05) is 13.1 Å². The summed E-state index contributed by atoms with van der Waals surface area (Å²) < 4.78 is 0. The molecule has 0 aliphatic rings. The number of phenols is 1. The smallest absolute Gasteiger partial charge is 0.134 e. The quantitative estimate of drug-likeness (QED) is 0.719. The van der Waals surface area contributed by atoms with Crippen molar-refractivity contribution in [1.82, 2.24) is 10.2 Å². The van der Waals surface area contributed by atoms with Crippen LogP contribution in [0.3, 0.4) is 0 Å². The first-order valence-electron chi connectivity index (χ1n) is 5.52. The maximum Gasteiger partial charge on any atom is 0.134 e. The average Bonchev–Trinajstić information content (AvgIpc) is 2.28. The Labute approximate surface area is 107 Å². The molecule has 0 saturated carbocycles. The number of nitrogens with one attached hydrogen (secondary N) is 1. The Morgan fingerprint density at radius 3 is 2.65 bits per heavy atom. The van der Waals surface area contributed by atoms with Crippen LogP contribution in [-0.2, 0) is 0 Å². The van der Waals surface area contributed by atoms with Crippen LogP contribution < -0.4 is 5.32 Å². The second-order valence-corrected chi connectivity index (χ2v) is 4.61. The van der Waals surface area contributed by atoms with Gasteiger partial charge in [-0.15, -0.1) is 0 Å². The predicted octanol–water partition coefficient (Wildman–Crippen LogP) is 1.23. The van der Waals surface area contributed by atoms with Crippen molar-refractivity contribution in [2.75, 3.05) is 33.8 Å². The van der Waals surface area contributed by atoms with E-state index in [1.807, 2.05) is 14.1 Å². The maximum atomic E-state index is 9.33. The van der Waals surface area contributed by atoms with Crippen molar-refractivity contribution in [2.24, 2.45) is 0 Å². The van der Waals surface area contributed by atoms with Crippen molar-refractivity contribution >= 4 is 11.6 Å². The fourth-order valence-corrected chi connectivity index (χ4v) is 1.68. The molecule has 96 valence electrons. The number of aliphatic hydroxyl groups excluding tert-OH is 1. The van der Waals surface area contributed by atoms with Crippen molar-refractivity contribution in [1.29, 1.82) is 0 Å². The van der Waals surface area contributed by atoms with Gasteiger partial charge in [0.15, 0.2) is 0 Å². The van der Waals surface area contributed by atoms with E-state index < -0.39 is 0 Å². The highest BCUT2D eigenvalue weighted by Gasteiger charge is 2.11. The normalized spacial score (nSPS) is 13.0. The standard InChI is InChI=1S/C12H19ClN2O2/c1-15(2)6-5-14-11(8-16)9-3-4-12(17)10(13)7-9/h3-4,7,11,14,16-17H,5-6,8H2,1-2H3. The Hall–Kier alpha value is -0.810. The lowest BCUT2D eigenvalue weighted by Gasteiger charge is -2.18. The molecule has 0 radical (unpaired) electrons. The number of rotatable bonds is 6. The topological polar surface area (TPSA) is 55.7 Å². The molecule has 17 heavy (non-hydrogen) atoms. The van der Waals surface area contributed by atoms with Crippen molar-refractivity contribution in [3.05, 3.63) is 28.8 Å². The van der Waals surface area contributed by atoms with Gasteiger partial charge in [-0.3, -0.25) is 0 Å². The number of hydrogen-bond donors (Lipinski definition) is 3. The molecule has 0 spiro atoms. The fourth-order valence-electron chi connectivity index (χ4n) is 1.49. The Morgan fingerprint density at radius 1 is 1.41 bits per heavy atom. The Kier molecular flexibility index (Phi) is 5.71. The van der Waals surface area contributed by atoms with E-state index in [4.69, 9.17) is 11.6 Å². The molecule has 0 bridgehead atoms. The van der Waals surface area contributed by atoms with Gasteiger partial charge in [0.05, 0.1) is 17.7 Å². The first-order valence-corrected chi connectivity index (χ1v) is 5.89. The maximum absolute atomic E-state index is 9.33. The molecule has 0 amide bonds. The van der Waals surface area contributed by atoms with Crippen molar-refractivity contribution in [3.63, 3.8) is 0 Å². The lowest BCUT2D eigenvalue weighted by molar-refractivity contribution is 0.240. The van der Waals surface area contributed by atoms with Crippen LogP contribution >= 0.6 is 11.6 Å². The summed E-state index contributed by atoms with van der Waals surface area (Å²) in [5.74, 6) is 0.0559. The van der Waals surface area contributed by atoms with Gasteiger partial charge in [0.1, 0.15) is 5.75 Å². The van der Waals surface area contributed by atoms with Crippen LogP contribution in [0.1, 0.15) is 11.6 Å². The first kappa shape index (κ1) is 14.3. The minimum atomic E-state index is -0.159. The SMILES string of the molecule is CN(C)CCNC(CO)c1ccc(O)c(Cl)c1. The van der Waals surface area contributed by atoms with Gasteiger partial charge in [0.25, 0.3) is 0 Å². The van der Waals surface area contributed by atoms with Crippen LogP contribution in [0.15, 0.2) is 18.2 Å². The number of nitrogens with zero attached hydrogens (tertiary/aromatic N) is 1. The molecule has 0 aliphatic carbocycles. The molecule has 1 aromatic rings. The molecule has 3 N–H and O–H groups in total. The molecule has 1 aromatic carbocycles. The van der Waals surface area contributed by atoms with E-state index >= 15 is 0 Å². The van der Waals surface area contributed by atoms with E-state index in [2.05, 4.69) is 10.2 Å². The molecule has 0 fully saturated rings. The minimum Gasteiger partial charge on any atom is -0.506 e. The zero-order valence-electron chi connectivity index (χ0n) is 10.2. The second kappa shape index (κ2) is 6.81. The number of aromatic hydroxyl groups is 1. The molecular weight excluding hydrogens is 240 g/mol. The number of aliphatic hydroxyl groups is 1. The molecule has 5 heteroatoms. The lowest BCUT2D eigenvalue weighted by atomic mass is 10.1. The number of benzene rings is 1. The summed E-state index contributed by atoms with van der Waals surface area (Å²) in [6, 6.07) is 4.80. The van der Waals surface area contributed by atoms with Gasteiger partial charge in [-0.25, -0.2) is 0 Å². The van der Waals surface area contributed by atoms with Crippen LogP contribution in [0.25, 0.3) is 0 Å². The van der Waals surface area contributed by atoms with Crippen molar-refractivity contribution < 1.29 is 10.2 Å². The Morgan fingerprint density at radius 2 is 2.12 bits per heavy atom. The van der Waals surface area contributed by atoms with Gasteiger partial charge >= 0.3 is 0 Å². The first-order chi connectivity index (χ1) is 8.04. The number of phenolic OH excluding ortho intramolecular Hbond substituents is 1. The Balaban J connectivity index is 2.62. The summed E-state index contributed by atoms with van der Waals surface area (Å²) >= 11 is 5.83. The van der Waals surface area contributed by atoms with Crippen molar-refractivity contribution in [3.8, 4) is 5.75 Å². The zero-order chi connectivity index (χ0) is 12.8. The molecule has 0 aromatic heterocycles. The monoisotopic (exact) mass is 258 g/mol. The van der Waals surface area contributed by atoms with Crippen molar-refractivity contribution in [2.45, 2.75) is 6.04 Å². The summed E-state index contributed by atoms with van der Waals surface area (Å²) in [4.78, 5) is 2.06. The van der Waals surface area contributed by atoms with Gasteiger partial charge in [-0.05, 0) is 31.8 Å². The highest BCUT2D eigenvalue weighted by molar-refractivity contribution is 6.32. The van der Waals surface area contributed by atoms with E-state index in [1.165, 1.54) is 6.07 Å². The molecule has 1 unspecified atom stereocenters. The lowest BCUT2D eigenvalue weighted by Crippen LogP contribution is -2.31.